The lowest BCUT2D eigenvalue weighted by atomic mass is 9.85. The molecule has 1 fully saturated rings. The quantitative estimate of drug-likeness (QED) is 0.877. The van der Waals surface area contributed by atoms with E-state index in [2.05, 4.69) is 5.32 Å². The molecule has 1 amide bonds. The van der Waals surface area contributed by atoms with Crippen LogP contribution in [0.2, 0.25) is 0 Å². The van der Waals surface area contributed by atoms with Crippen LogP contribution in [0.4, 0.5) is 5.69 Å². The molecule has 7 heteroatoms. The second kappa shape index (κ2) is 5.41. The molecule has 0 unspecified atom stereocenters. The van der Waals surface area contributed by atoms with Gasteiger partial charge in [-0.2, -0.15) is 0 Å². The molecule has 1 saturated carbocycles. The number of aryl methyl sites for hydroxylation is 1. The molecule has 2 rings (SSSR count). The van der Waals surface area contributed by atoms with Crippen LogP contribution in [0.5, 0.6) is 5.75 Å². The lowest BCUT2D eigenvalue weighted by molar-refractivity contribution is -0.122. The van der Waals surface area contributed by atoms with E-state index in [0.717, 1.165) is 19.3 Å². The van der Waals surface area contributed by atoms with Crippen molar-refractivity contribution in [2.45, 2.75) is 31.1 Å². The van der Waals surface area contributed by atoms with Gasteiger partial charge in [0.15, 0.2) is 5.75 Å². The molecular formula is C13H18N2O4S. The third-order valence-corrected chi connectivity index (χ3v) is 4.36. The van der Waals surface area contributed by atoms with Gasteiger partial charge in [0.1, 0.15) is 4.90 Å². The number of carbonyl (C=O) groups is 1. The Morgan fingerprint density at radius 2 is 2.05 bits per heavy atom. The molecule has 20 heavy (non-hydrogen) atoms. The molecule has 0 aliphatic heterocycles. The molecule has 0 radical (unpaired) electrons. The van der Waals surface area contributed by atoms with Gasteiger partial charge in [0.2, 0.25) is 15.9 Å². The fourth-order valence-corrected chi connectivity index (χ4v) is 2.96. The van der Waals surface area contributed by atoms with Crippen LogP contribution in [-0.4, -0.2) is 21.4 Å². The normalized spacial score (nSPS) is 15.6. The Morgan fingerprint density at radius 1 is 1.40 bits per heavy atom. The predicted octanol–water partition coefficient (Wildman–Crippen LogP) is 1.39. The molecule has 0 saturated heterocycles. The van der Waals surface area contributed by atoms with E-state index < -0.39 is 10.0 Å². The summed E-state index contributed by atoms with van der Waals surface area (Å²) in [7, 11) is -2.57. The number of sulfonamides is 1. The molecule has 3 N–H and O–H groups in total. The first-order chi connectivity index (χ1) is 9.32. The maximum Gasteiger partial charge on any atom is 0.241 e. The molecule has 0 bridgehead atoms. The van der Waals surface area contributed by atoms with E-state index in [-0.39, 0.29) is 22.5 Å². The summed E-state index contributed by atoms with van der Waals surface area (Å²) >= 11 is 0. The Labute approximate surface area is 118 Å². The molecule has 1 aromatic carbocycles. The van der Waals surface area contributed by atoms with Crippen molar-refractivity contribution in [3.8, 4) is 5.75 Å². The first-order valence-electron chi connectivity index (χ1n) is 6.35. The van der Waals surface area contributed by atoms with Crippen molar-refractivity contribution in [2.75, 3.05) is 12.4 Å². The molecule has 1 aliphatic carbocycles. The average Bonchev–Trinajstić information content (AvgIpc) is 2.24. The highest BCUT2D eigenvalue weighted by atomic mass is 32.2. The van der Waals surface area contributed by atoms with Crippen LogP contribution < -0.4 is 15.2 Å². The Morgan fingerprint density at radius 3 is 2.50 bits per heavy atom. The van der Waals surface area contributed by atoms with Gasteiger partial charge in [-0.1, -0.05) is 6.42 Å². The topological polar surface area (TPSA) is 98.5 Å². The van der Waals surface area contributed by atoms with Crippen LogP contribution in [0.15, 0.2) is 17.0 Å². The van der Waals surface area contributed by atoms with Crippen molar-refractivity contribution in [2.24, 2.45) is 11.1 Å². The van der Waals surface area contributed by atoms with Gasteiger partial charge in [0.25, 0.3) is 0 Å². The van der Waals surface area contributed by atoms with Gasteiger partial charge in [-0.3, -0.25) is 4.79 Å². The number of anilines is 1. The standard InChI is InChI=1S/C13H18N2O4S/c1-8-6-10(15-13(16)9-4-3-5-9)12(19-2)11(7-8)20(14,17)18/h6-7,9H,3-5H2,1-2H3,(H,15,16)(H2,14,17,18). The fourth-order valence-electron chi connectivity index (χ4n) is 2.16. The van der Waals surface area contributed by atoms with Crippen LogP contribution >= 0.6 is 0 Å². The monoisotopic (exact) mass is 298 g/mol. The van der Waals surface area contributed by atoms with E-state index in [1.807, 2.05) is 0 Å². The second-order valence-electron chi connectivity index (χ2n) is 5.01. The van der Waals surface area contributed by atoms with Crippen molar-refractivity contribution >= 4 is 21.6 Å². The number of nitrogens with two attached hydrogens (primary N) is 1. The Bertz CT molecular complexity index is 636. The van der Waals surface area contributed by atoms with Crippen molar-refractivity contribution in [3.63, 3.8) is 0 Å². The van der Waals surface area contributed by atoms with Gasteiger partial charge < -0.3 is 10.1 Å². The molecular weight excluding hydrogens is 280 g/mol. The fraction of sp³-hybridized carbons (Fsp3) is 0.462. The van der Waals surface area contributed by atoms with Crippen molar-refractivity contribution in [1.82, 2.24) is 0 Å². The summed E-state index contributed by atoms with van der Waals surface area (Å²) in [5.41, 5.74) is 1.02. The lowest BCUT2D eigenvalue weighted by Crippen LogP contribution is -2.28. The highest BCUT2D eigenvalue weighted by Crippen LogP contribution is 2.35. The number of primary sulfonamides is 1. The zero-order valence-electron chi connectivity index (χ0n) is 11.5. The smallest absolute Gasteiger partial charge is 0.241 e. The maximum absolute atomic E-state index is 12.0. The summed E-state index contributed by atoms with van der Waals surface area (Å²) in [6.07, 6.45) is 2.77. The number of hydrogen-bond donors (Lipinski definition) is 2. The molecule has 0 heterocycles. The minimum absolute atomic E-state index is 0.00171. The first-order valence-corrected chi connectivity index (χ1v) is 7.90. The van der Waals surface area contributed by atoms with Crippen LogP contribution in [0, 0.1) is 12.8 Å². The number of methoxy groups -OCH3 is 1. The molecule has 6 nitrogen and oxygen atoms in total. The minimum Gasteiger partial charge on any atom is -0.493 e. The first kappa shape index (κ1) is 14.8. The summed E-state index contributed by atoms with van der Waals surface area (Å²) in [5, 5.41) is 7.91. The maximum atomic E-state index is 12.0. The largest absolute Gasteiger partial charge is 0.493 e. The molecule has 110 valence electrons. The van der Waals surface area contributed by atoms with Gasteiger partial charge in [-0.05, 0) is 37.5 Å². The number of benzene rings is 1. The summed E-state index contributed by atoms with van der Waals surface area (Å²) in [6.45, 7) is 1.73. The summed E-state index contributed by atoms with van der Waals surface area (Å²) in [6, 6.07) is 3.09. The van der Waals surface area contributed by atoms with Gasteiger partial charge in [0, 0.05) is 5.92 Å². The summed E-state index contributed by atoms with van der Waals surface area (Å²) < 4.78 is 28.3. The number of rotatable bonds is 4. The van der Waals surface area contributed by atoms with Crippen molar-refractivity contribution < 1.29 is 17.9 Å². The molecule has 1 aliphatic rings. The van der Waals surface area contributed by atoms with E-state index in [9.17, 15) is 13.2 Å². The van der Waals surface area contributed by atoms with E-state index in [0.29, 0.717) is 11.3 Å². The van der Waals surface area contributed by atoms with Crippen molar-refractivity contribution in [3.05, 3.63) is 17.7 Å². The molecule has 0 aromatic heterocycles. The van der Waals surface area contributed by atoms with Gasteiger partial charge in [0.05, 0.1) is 12.8 Å². The number of hydrogen-bond acceptors (Lipinski definition) is 4. The third kappa shape index (κ3) is 2.94. The molecule has 1 aromatic rings. The van der Waals surface area contributed by atoms with E-state index >= 15 is 0 Å². The minimum atomic E-state index is -3.91. The zero-order valence-corrected chi connectivity index (χ0v) is 12.3. The highest BCUT2D eigenvalue weighted by Gasteiger charge is 2.27. The number of nitrogens with one attached hydrogen (secondary N) is 1. The Balaban J connectivity index is 2.41. The lowest BCUT2D eigenvalue weighted by Gasteiger charge is -2.25. The second-order valence-corrected chi connectivity index (χ2v) is 6.54. The van der Waals surface area contributed by atoms with Crippen molar-refractivity contribution in [1.29, 1.82) is 0 Å². The predicted molar refractivity (Wildman–Crippen MR) is 75.1 cm³/mol. The molecule has 0 atom stereocenters. The van der Waals surface area contributed by atoms with Gasteiger partial charge >= 0.3 is 0 Å². The van der Waals surface area contributed by atoms with Crippen LogP contribution in [0.3, 0.4) is 0 Å². The van der Waals surface area contributed by atoms with Crippen LogP contribution in [0.1, 0.15) is 24.8 Å². The summed E-state index contributed by atoms with van der Waals surface area (Å²) in [4.78, 5) is 11.9. The number of ether oxygens (including phenoxy) is 1. The highest BCUT2D eigenvalue weighted by molar-refractivity contribution is 7.89. The Hall–Kier alpha value is -1.60. The van der Waals surface area contributed by atoms with E-state index in [1.54, 1.807) is 13.0 Å². The SMILES string of the molecule is COc1c(NC(=O)C2CCC2)cc(C)cc1S(N)(=O)=O. The zero-order chi connectivity index (χ0) is 14.9. The molecule has 0 spiro atoms. The van der Waals surface area contributed by atoms with Crippen LogP contribution in [-0.2, 0) is 14.8 Å². The van der Waals surface area contributed by atoms with Crippen LogP contribution in [0.25, 0.3) is 0 Å². The van der Waals surface area contributed by atoms with E-state index in [1.165, 1.54) is 13.2 Å². The summed E-state index contributed by atoms with van der Waals surface area (Å²) in [5.74, 6) is -0.0376. The van der Waals surface area contributed by atoms with Gasteiger partial charge in [-0.25, -0.2) is 13.6 Å². The Kier molecular flexibility index (Phi) is 4.01. The number of carbonyl (C=O) groups excluding carboxylic acids is 1. The average molecular weight is 298 g/mol. The third-order valence-electron chi connectivity index (χ3n) is 3.44. The number of amides is 1. The van der Waals surface area contributed by atoms with Gasteiger partial charge in [-0.15, -0.1) is 0 Å². The van der Waals surface area contributed by atoms with E-state index in [4.69, 9.17) is 9.88 Å².